The monoisotopic (exact) mass is 367 g/mol. The Balaban J connectivity index is 1.41. The second-order valence-electron chi connectivity index (χ2n) is 6.81. The number of hydrogen-bond acceptors (Lipinski definition) is 3. The third kappa shape index (κ3) is 5.91. The second kappa shape index (κ2) is 9.86. The fourth-order valence-electron chi connectivity index (χ4n) is 3.23. The molecular weight excluding hydrogens is 341 g/mol. The molecule has 27 heavy (non-hydrogen) atoms. The third-order valence-corrected chi connectivity index (χ3v) is 4.79. The molecule has 0 bridgehead atoms. The number of aromatic nitrogens is 1. The summed E-state index contributed by atoms with van der Waals surface area (Å²) >= 11 is 0. The number of nitrogens with one attached hydrogen (secondary N) is 2. The molecule has 1 aromatic heterocycles. The Labute approximate surface area is 159 Å². The van der Waals surface area contributed by atoms with Gasteiger partial charge in [0.1, 0.15) is 11.5 Å². The van der Waals surface area contributed by atoms with Gasteiger partial charge in [0.25, 0.3) is 5.91 Å². The summed E-state index contributed by atoms with van der Waals surface area (Å²) in [6.45, 7) is 1.25. The summed E-state index contributed by atoms with van der Waals surface area (Å²) in [6, 6.07) is 10.3. The van der Waals surface area contributed by atoms with Crippen molar-refractivity contribution >= 4 is 11.6 Å². The van der Waals surface area contributed by atoms with Crippen molar-refractivity contribution in [3.8, 4) is 0 Å². The summed E-state index contributed by atoms with van der Waals surface area (Å²) in [5, 5.41) is 6.14. The number of pyridine rings is 1. The highest BCUT2D eigenvalue weighted by Crippen LogP contribution is 2.19. The van der Waals surface area contributed by atoms with Gasteiger partial charge in [0, 0.05) is 13.1 Å². The molecule has 4 nitrogen and oxygen atoms in total. The lowest BCUT2D eigenvalue weighted by Crippen LogP contribution is -2.25. The van der Waals surface area contributed by atoms with E-state index in [1.807, 2.05) is 12.1 Å². The van der Waals surface area contributed by atoms with Crippen LogP contribution in [0, 0.1) is 5.82 Å². The fraction of sp³-hybridized carbons (Fsp3) is 0.364. The van der Waals surface area contributed by atoms with Crippen LogP contribution in [0.3, 0.4) is 0 Å². The van der Waals surface area contributed by atoms with Gasteiger partial charge in [0.05, 0.1) is 11.9 Å². The van der Waals surface area contributed by atoms with Gasteiger partial charge in [0.2, 0.25) is 0 Å². The van der Waals surface area contributed by atoms with Crippen LogP contribution in [0.1, 0.15) is 48.2 Å². The van der Waals surface area contributed by atoms with Gasteiger partial charge in [-0.25, -0.2) is 9.37 Å². The number of allylic oxidation sites excluding steroid dienone is 1. The molecule has 0 spiro atoms. The molecule has 1 aliphatic carbocycles. The lowest BCUT2D eigenvalue weighted by Gasteiger charge is -2.13. The first kappa shape index (κ1) is 19.1. The molecule has 1 heterocycles. The number of carbonyl (C=O) groups is 1. The number of rotatable bonds is 8. The SMILES string of the molecule is O=C(NCCC1=CCCCC1)c1ccc(NCCc2ccccc2F)cn1. The number of hydrogen-bond donors (Lipinski definition) is 2. The van der Waals surface area contributed by atoms with Crippen LogP contribution in [0.2, 0.25) is 0 Å². The van der Waals surface area contributed by atoms with E-state index in [4.69, 9.17) is 0 Å². The van der Waals surface area contributed by atoms with Gasteiger partial charge in [-0.05, 0) is 62.3 Å². The number of nitrogens with zero attached hydrogens (tertiary/aromatic N) is 1. The Hall–Kier alpha value is -2.69. The molecule has 0 radical (unpaired) electrons. The van der Waals surface area contributed by atoms with E-state index < -0.39 is 0 Å². The third-order valence-electron chi connectivity index (χ3n) is 4.79. The van der Waals surface area contributed by atoms with E-state index in [-0.39, 0.29) is 11.7 Å². The van der Waals surface area contributed by atoms with Crippen molar-refractivity contribution < 1.29 is 9.18 Å². The largest absolute Gasteiger partial charge is 0.383 e. The minimum atomic E-state index is -0.187. The Bertz CT molecular complexity index is 786. The van der Waals surface area contributed by atoms with Crippen molar-refractivity contribution in [3.05, 3.63) is 71.3 Å². The quantitative estimate of drug-likeness (QED) is 0.676. The van der Waals surface area contributed by atoms with Crippen molar-refractivity contribution in [2.24, 2.45) is 0 Å². The zero-order valence-corrected chi connectivity index (χ0v) is 15.5. The Morgan fingerprint density at radius 1 is 1.07 bits per heavy atom. The maximum Gasteiger partial charge on any atom is 0.269 e. The molecule has 0 aliphatic heterocycles. The Morgan fingerprint density at radius 2 is 1.96 bits per heavy atom. The molecular formula is C22H26FN3O. The second-order valence-corrected chi connectivity index (χ2v) is 6.81. The van der Waals surface area contributed by atoms with E-state index in [1.165, 1.54) is 24.5 Å². The van der Waals surface area contributed by atoms with E-state index in [9.17, 15) is 9.18 Å². The van der Waals surface area contributed by atoms with Crippen molar-refractivity contribution in [2.75, 3.05) is 18.4 Å². The minimum Gasteiger partial charge on any atom is -0.383 e. The Morgan fingerprint density at radius 3 is 2.70 bits per heavy atom. The van der Waals surface area contributed by atoms with Gasteiger partial charge >= 0.3 is 0 Å². The highest BCUT2D eigenvalue weighted by molar-refractivity contribution is 5.92. The zero-order valence-electron chi connectivity index (χ0n) is 15.5. The topological polar surface area (TPSA) is 54.0 Å². The number of anilines is 1. The summed E-state index contributed by atoms with van der Waals surface area (Å²) in [4.78, 5) is 16.4. The highest BCUT2D eigenvalue weighted by atomic mass is 19.1. The standard InChI is InChI=1S/C22H26FN3O/c23-20-9-5-4-8-18(20)13-15-24-19-10-11-21(26-16-19)22(27)25-14-12-17-6-2-1-3-7-17/h4-6,8-11,16,24H,1-3,7,12-15H2,(H,25,27). The van der Waals surface area contributed by atoms with Gasteiger partial charge < -0.3 is 10.6 Å². The first-order valence-corrected chi connectivity index (χ1v) is 9.62. The van der Waals surface area contributed by atoms with E-state index in [0.29, 0.717) is 30.8 Å². The summed E-state index contributed by atoms with van der Waals surface area (Å²) in [5.74, 6) is -0.335. The van der Waals surface area contributed by atoms with Crippen LogP contribution >= 0.6 is 0 Å². The average molecular weight is 367 g/mol. The molecule has 5 heteroatoms. The van der Waals surface area contributed by atoms with Crippen molar-refractivity contribution in [3.63, 3.8) is 0 Å². The van der Waals surface area contributed by atoms with Gasteiger partial charge in [-0.3, -0.25) is 4.79 Å². The van der Waals surface area contributed by atoms with E-state index >= 15 is 0 Å². The van der Waals surface area contributed by atoms with E-state index in [1.54, 1.807) is 24.4 Å². The molecule has 0 saturated carbocycles. The molecule has 2 N–H and O–H groups in total. The number of amides is 1. The molecule has 142 valence electrons. The molecule has 3 rings (SSSR count). The smallest absolute Gasteiger partial charge is 0.269 e. The van der Waals surface area contributed by atoms with Crippen LogP contribution in [0.25, 0.3) is 0 Å². The summed E-state index contributed by atoms with van der Waals surface area (Å²) in [5.41, 5.74) is 3.36. The zero-order chi connectivity index (χ0) is 18.9. The average Bonchev–Trinajstić information content (AvgIpc) is 2.71. The number of benzene rings is 1. The molecule has 1 aromatic carbocycles. The summed E-state index contributed by atoms with van der Waals surface area (Å²) < 4.78 is 13.6. The first-order valence-electron chi connectivity index (χ1n) is 9.62. The minimum absolute atomic E-state index is 0.149. The van der Waals surface area contributed by atoms with Crippen LogP contribution < -0.4 is 10.6 Å². The lowest BCUT2D eigenvalue weighted by atomic mass is 9.97. The van der Waals surface area contributed by atoms with Crippen molar-refractivity contribution in [1.82, 2.24) is 10.3 Å². The molecule has 1 amide bonds. The molecule has 0 unspecified atom stereocenters. The van der Waals surface area contributed by atoms with Gasteiger partial charge in [-0.2, -0.15) is 0 Å². The molecule has 0 saturated heterocycles. The summed E-state index contributed by atoms with van der Waals surface area (Å²) in [7, 11) is 0. The summed E-state index contributed by atoms with van der Waals surface area (Å²) in [6.07, 6.45) is 10.3. The number of halogens is 1. The predicted octanol–water partition coefficient (Wildman–Crippen LogP) is 4.50. The highest BCUT2D eigenvalue weighted by Gasteiger charge is 2.08. The maximum atomic E-state index is 13.6. The van der Waals surface area contributed by atoms with Crippen LogP contribution in [-0.4, -0.2) is 24.0 Å². The van der Waals surface area contributed by atoms with E-state index in [2.05, 4.69) is 21.7 Å². The Kier molecular flexibility index (Phi) is 6.97. The number of carbonyl (C=O) groups excluding carboxylic acids is 1. The molecule has 0 fully saturated rings. The lowest BCUT2D eigenvalue weighted by molar-refractivity contribution is 0.0949. The van der Waals surface area contributed by atoms with Crippen LogP contribution in [0.15, 0.2) is 54.2 Å². The fourth-order valence-corrected chi connectivity index (χ4v) is 3.23. The van der Waals surface area contributed by atoms with Crippen LogP contribution in [0.4, 0.5) is 10.1 Å². The maximum absolute atomic E-state index is 13.6. The molecule has 2 aromatic rings. The first-order chi connectivity index (χ1) is 13.2. The van der Waals surface area contributed by atoms with E-state index in [0.717, 1.165) is 24.9 Å². The molecule has 0 atom stereocenters. The van der Waals surface area contributed by atoms with Gasteiger partial charge in [-0.15, -0.1) is 0 Å². The van der Waals surface area contributed by atoms with Crippen molar-refractivity contribution in [2.45, 2.75) is 38.5 Å². The van der Waals surface area contributed by atoms with Crippen molar-refractivity contribution in [1.29, 1.82) is 0 Å². The predicted molar refractivity (Wildman–Crippen MR) is 106 cm³/mol. The molecule has 1 aliphatic rings. The van der Waals surface area contributed by atoms with Crippen LogP contribution in [0.5, 0.6) is 0 Å². The van der Waals surface area contributed by atoms with Gasteiger partial charge in [0.15, 0.2) is 0 Å². The van der Waals surface area contributed by atoms with Crippen LogP contribution in [-0.2, 0) is 6.42 Å². The normalized spacial score (nSPS) is 13.7. The van der Waals surface area contributed by atoms with Gasteiger partial charge in [-0.1, -0.05) is 29.8 Å².